The molecule has 0 bridgehead atoms. The van der Waals surface area contributed by atoms with E-state index in [1.54, 1.807) is 19.8 Å². The van der Waals surface area contributed by atoms with Crippen LogP contribution in [-0.2, 0) is 0 Å². The SMILES string of the molecule is COc1cccc(N2C(=S)NC(c3ccccn3)C2c2cc(C)n(-n3cnnc3)c2C)c1. The number of nitrogens with one attached hydrogen (secondary N) is 1. The second-order valence-electron chi connectivity index (χ2n) is 7.68. The number of pyridine rings is 1. The van der Waals surface area contributed by atoms with Crippen molar-refractivity contribution >= 4 is 23.0 Å². The summed E-state index contributed by atoms with van der Waals surface area (Å²) in [5, 5.41) is 12.1. The van der Waals surface area contributed by atoms with Crippen molar-refractivity contribution in [2.24, 2.45) is 0 Å². The van der Waals surface area contributed by atoms with Crippen LogP contribution in [0.5, 0.6) is 5.75 Å². The van der Waals surface area contributed by atoms with Crippen molar-refractivity contribution in [3.8, 4) is 5.75 Å². The van der Waals surface area contributed by atoms with Crippen LogP contribution in [0.4, 0.5) is 5.69 Å². The van der Waals surface area contributed by atoms with E-state index in [9.17, 15) is 0 Å². The highest BCUT2D eigenvalue weighted by Crippen LogP contribution is 2.43. The van der Waals surface area contributed by atoms with Crippen molar-refractivity contribution in [1.82, 2.24) is 29.9 Å². The number of hydrogen-bond donors (Lipinski definition) is 1. The number of anilines is 1. The zero-order valence-corrected chi connectivity index (χ0v) is 18.8. The lowest BCUT2D eigenvalue weighted by atomic mass is 9.96. The van der Waals surface area contributed by atoms with Crippen LogP contribution >= 0.6 is 12.2 Å². The first-order valence-corrected chi connectivity index (χ1v) is 10.7. The van der Waals surface area contributed by atoms with Gasteiger partial charge in [0.25, 0.3) is 0 Å². The van der Waals surface area contributed by atoms with Gasteiger partial charge in [-0.05, 0) is 56.4 Å². The van der Waals surface area contributed by atoms with Gasteiger partial charge in [0, 0.05) is 34.9 Å². The number of thiocarbonyl (C=S) groups is 1. The molecule has 4 aromatic rings. The Morgan fingerprint density at radius 3 is 2.56 bits per heavy atom. The molecule has 1 saturated heterocycles. The molecule has 162 valence electrons. The van der Waals surface area contributed by atoms with E-state index in [4.69, 9.17) is 17.0 Å². The van der Waals surface area contributed by atoms with Crippen molar-refractivity contribution < 1.29 is 4.74 Å². The number of aromatic nitrogens is 5. The third-order valence-electron chi connectivity index (χ3n) is 5.82. The van der Waals surface area contributed by atoms with E-state index in [-0.39, 0.29) is 12.1 Å². The monoisotopic (exact) mass is 445 g/mol. The van der Waals surface area contributed by atoms with E-state index in [2.05, 4.69) is 50.0 Å². The van der Waals surface area contributed by atoms with E-state index in [0.29, 0.717) is 5.11 Å². The number of ether oxygens (including phenoxy) is 1. The fourth-order valence-electron chi connectivity index (χ4n) is 4.44. The molecule has 1 aliphatic heterocycles. The average Bonchev–Trinajstić information content (AvgIpc) is 3.52. The molecule has 2 atom stereocenters. The van der Waals surface area contributed by atoms with Gasteiger partial charge in [-0.1, -0.05) is 12.1 Å². The van der Waals surface area contributed by atoms with Crippen LogP contribution in [0.2, 0.25) is 0 Å². The molecule has 9 heteroatoms. The van der Waals surface area contributed by atoms with Crippen molar-refractivity contribution in [2.75, 3.05) is 12.0 Å². The number of methoxy groups -OCH3 is 1. The molecule has 0 spiro atoms. The van der Waals surface area contributed by atoms with Gasteiger partial charge in [0.1, 0.15) is 18.4 Å². The Morgan fingerprint density at radius 2 is 1.84 bits per heavy atom. The zero-order chi connectivity index (χ0) is 22.2. The molecule has 5 rings (SSSR count). The molecule has 0 radical (unpaired) electrons. The Bertz CT molecular complexity index is 1250. The summed E-state index contributed by atoms with van der Waals surface area (Å²) in [5.74, 6) is 0.778. The van der Waals surface area contributed by atoms with Crippen LogP contribution in [0.25, 0.3) is 0 Å². The smallest absolute Gasteiger partial charge is 0.174 e. The van der Waals surface area contributed by atoms with Crippen LogP contribution in [0, 0.1) is 13.8 Å². The molecule has 1 aromatic carbocycles. The summed E-state index contributed by atoms with van der Waals surface area (Å²) in [7, 11) is 1.67. The van der Waals surface area contributed by atoms with Gasteiger partial charge >= 0.3 is 0 Å². The molecular weight excluding hydrogens is 422 g/mol. The molecule has 1 aliphatic rings. The molecule has 8 nitrogen and oxygen atoms in total. The highest BCUT2D eigenvalue weighted by Gasteiger charge is 2.42. The van der Waals surface area contributed by atoms with Gasteiger partial charge in [-0.3, -0.25) is 9.66 Å². The first-order chi connectivity index (χ1) is 15.6. The minimum absolute atomic E-state index is 0.110. The van der Waals surface area contributed by atoms with Gasteiger partial charge in [-0.15, -0.1) is 10.2 Å². The number of benzene rings is 1. The molecule has 4 heterocycles. The topological polar surface area (TPSA) is 73.0 Å². The first kappa shape index (κ1) is 20.2. The summed E-state index contributed by atoms with van der Waals surface area (Å²) in [5.41, 5.74) is 5.17. The van der Waals surface area contributed by atoms with Crippen molar-refractivity contribution in [3.05, 3.63) is 90.0 Å². The standard InChI is InChI=1S/C23H23N7OS/c1-15-11-19(16(2)30(15)28-13-25-26-14-28)22-21(20-9-4-5-10-24-20)27-23(32)29(22)17-7-6-8-18(12-17)31-3/h4-14,21-22H,1-3H3,(H,27,32). The Balaban J connectivity index is 1.68. The van der Waals surface area contributed by atoms with Gasteiger partial charge in [-0.25, -0.2) is 4.68 Å². The quantitative estimate of drug-likeness (QED) is 0.471. The maximum absolute atomic E-state index is 5.83. The van der Waals surface area contributed by atoms with Crippen molar-refractivity contribution in [2.45, 2.75) is 25.9 Å². The zero-order valence-electron chi connectivity index (χ0n) is 18.0. The largest absolute Gasteiger partial charge is 0.497 e. The van der Waals surface area contributed by atoms with Crippen LogP contribution < -0.4 is 15.0 Å². The number of nitrogens with zero attached hydrogens (tertiary/aromatic N) is 6. The van der Waals surface area contributed by atoms with E-state index < -0.39 is 0 Å². The lowest BCUT2D eigenvalue weighted by Gasteiger charge is -2.28. The molecule has 0 amide bonds. The van der Waals surface area contributed by atoms with Gasteiger partial charge in [0.2, 0.25) is 0 Å². The highest BCUT2D eigenvalue weighted by atomic mass is 32.1. The summed E-state index contributed by atoms with van der Waals surface area (Å²) in [4.78, 5) is 6.78. The number of aryl methyl sites for hydroxylation is 1. The summed E-state index contributed by atoms with van der Waals surface area (Å²) < 4.78 is 9.44. The Morgan fingerprint density at radius 1 is 1.03 bits per heavy atom. The number of hydrogen-bond acceptors (Lipinski definition) is 5. The van der Waals surface area contributed by atoms with Gasteiger partial charge in [0.05, 0.1) is 24.9 Å². The fourth-order valence-corrected chi connectivity index (χ4v) is 4.79. The van der Waals surface area contributed by atoms with E-state index >= 15 is 0 Å². The van der Waals surface area contributed by atoms with Gasteiger partial charge < -0.3 is 15.0 Å². The Labute approximate surface area is 191 Å². The third kappa shape index (κ3) is 3.31. The highest BCUT2D eigenvalue weighted by molar-refractivity contribution is 7.80. The van der Waals surface area contributed by atoms with Crippen LogP contribution in [0.1, 0.15) is 34.7 Å². The van der Waals surface area contributed by atoms with Gasteiger partial charge in [-0.2, -0.15) is 0 Å². The van der Waals surface area contributed by atoms with Crippen molar-refractivity contribution in [1.29, 1.82) is 0 Å². The van der Waals surface area contributed by atoms with E-state index in [1.807, 2.05) is 53.3 Å². The number of rotatable bonds is 5. The Kier molecular flexibility index (Phi) is 5.10. The minimum Gasteiger partial charge on any atom is -0.497 e. The van der Waals surface area contributed by atoms with E-state index in [0.717, 1.165) is 34.1 Å². The van der Waals surface area contributed by atoms with Gasteiger partial charge in [0.15, 0.2) is 5.11 Å². The second-order valence-corrected chi connectivity index (χ2v) is 8.06. The lowest BCUT2D eigenvalue weighted by Crippen LogP contribution is -2.29. The molecule has 1 N–H and O–H groups in total. The minimum atomic E-state index is -0.121. The molecular formula is C23H23N7OS. The fraction of sp³-hybridized carbons (Fsp3) is 0.217. The summed E-state index contributed by atoms with van der Waals surface area (Å²) in [6.45, 7) is 4.17. The maximum Gasteiger partial charge on any atom is 0.174 e. The van der Waals surface area contributed by atoms with E-state index in [1.165, 1.54) is 0 Å². The third-order valence-corrected chi connectivity index (χ3v) is 6.13. The molecule has 1 fully saturated rings. The average molecular weight is 446 g/mol. The summed E-state index contributed by atoms with van der Waals surface area (Å²) >= 11 is 5.83. The maximum atomic E-state index is 5.83. The molecule has 0 saturated carbocycles. The summed E-state index contributed by atoms with van der Waals surface area (Å²) in [6.07, 6.45) is 5.19. The second kappa shape index (κ2) is 8.08. The lowest BCUT2D eigenvalue weighted by molar-refractivity contribution is 0.415. The molecule has 0 aliphatic carbocycles. The predicted octanol–water partition coefficient (Wildman–Crippen LogP) is 3.59. The van der Waals surface area contributed by atoms with Crippen LogP contribution in [0.15, 0.2) is 67.4 Å². The van der Waals surface area contributed by atoms with Crippen LogP contribution in [0.3, 0.4) is 0 Å². The Hall–Kier alpha value is -3.72. The predicted molar refractivity (Wildman–Crippen MR) is 126 cm³/mol. The van der Waals surface area contributed by atoms with Crippen LogP contribution in [-0.4, -0.2) is 36.8 Å². The van der Waals surface area contributed by atoms with Crippen molar-refractivity contribution in [3.63, 3.8) is 0 Å². The normalized spacial score (nSPS) is 18.1. The summed E-state index contributed by atoms with van der Waals surface area (Å²) in [6, 6.07) is 15.9. The molecule has 32 heavy (non-hydrogen) atoms. The molecule has 2 unspecified atom stereocenters. The first-order valence-electron chi connectivity index (χ1n) is 10.3. The molecule has 3 aromatic heterocycles.